The molecule has 4 aromatic heterocycles. The summed E-state index contributed by atoms with van der Waals surface area (Å²) in [6.45, 7) is 0. The van der Waals surface area contributed by atoms with E-state index < -0.39 is 0 Å². The zero-order chi connectivity index (χ0) is 37.5. The third kappa shape index (κ3) is 4.96. The summed E-state index contributed by atoms with van der Waals surface area (Å²) >= 11 is 0. The summed E-state index contributed by atoms with van der Waals surface area (Å²) < 4.78 is 15.5. The van der Waals surface area contributed by atoms with E-state index in [1.807, 2.05) is 48.5 Å². The van der Waals surface area contributed by atoms with Gasteiger partial charge in [0.1, 0.15) is 16.7 Å². The van der Waals surface area contributed by atoms with Gasteiger partial charge in [-0.25, -0.2) is 4.98 Å². The molecule has 0 unspecified atom stereocenters. The average Bonchev–Trinajstić information content (AvgIpc) is 3.95. The standard InChI is InChI=1S/C52H31N3O2/c1-4-13-32(14-5-1)36-23-26-39-47(31-36)57-52-49(39)50(53-51(54-52)33-15-6-2-7-16-33)40-20-12-22-46-48(40)42-30-35(25-28-45(42)56-46)34-24-27-44-41(29-34)38-19-10-11-21-43(38)55(44)37-17-8-3-9-18-37/h1-31H. The van der Waals surface area contributed by atoms with Gasteiger partial charge in [0.25, 0.3) is 0 Å². The summed E-state index contributed by atoms with van der Waals surface area (Å²) in [6.07, 6.45) is 0. The number of fused-ring (bicyclic) bond motifs is 9. The van der Waals surface area contributed by atoms with Gasteiger partial charge in [-0.2, -0.15) is 4.98 Å². The topological polar surface area (TPSA) is 57.0 Å². The summed E-state index contributed by atoms with van der Waals surface area (Å²) in [4.78, 5) is 10.4. The van der Waals surface area contributed by atoms with Crippen molar-refractivity contribution in [1.82, 2.24) is 14.5 Å². The highest BCUT2D eigenvalue weighted by Gasteiger charge is 2.23. The molecule has 0 atom stereocenters. The van der Waals surface area contributed by atoms with E-state index in [4.69, 9.17) is 18.8 Å². The van der Waals surface area contributed by atoms with Crippen LogP contribution in [0.25, 0.3) is 116 Å². The van der Waals surface area contributed by atoms with Crippen molar-refractivity contribution in [2.45, 2.75) is 0 Å². The second-order valence-electron chi connectivity index (χ2n) is 14.5. The largest absolute Gasteiger partial charge is 0.456 e. The van der Waals surface area contributed by atoms with Gasteiger partial charge in [-0.3, -0.25) is 0 Å². The third-order valence-electron chi connectivity index (χ3n) is 11.2. The summed E-state index contributed by atoms with van der Waals surface area (Å²) in [7, 11) is 0. The van der Waals surface area contributed by atoms with Crippen LogP contribution in [0.2, 0.25) is 0 Å². The van der Waals surface area contributed by atoms with Crippen molar-refractivity contribution < 1.29 is 8.83 Å². The third-order valence-corrected chi connectivity index (χ3v) is 11.2. The molecule has 0 saturated carbocycles. The fourth-order valence-electron chi connectivity index (χ4n) is 8.61. The Morgan fingerprint density at radius 3 is 1.86 bits per heavy atom. The summed E-state index contributed by atoms with van der Waals surface area (Å²) in [5.74, 6) is 0.605. The molecule has 0 aliphatic heterocycles. The maximum absolute atomic E-state index is 6.62. The molecule has 0 saturated heterocycles. The van der Waals surface area contributed by atoms with Crippen LogP contribution in [0.1, 0.15) is 0 Å². The molecule has 5 nitrogen and oxygen atoms in total. The van der Waals surface area contributed by atoms with Gasteiger partial charge in [-0.15, -0.1) is 0 Å². The number of hydrogen-bond acceptors (Lipinski definition) is 4. The Labute approximate surface area is 326 Å². The van der Waals surface area contributed by atoms with Gasteiger partial charge in [0, 0.05) is 43.7 Å². The Bertz CT molecular complexity index is 3510. The van der Waals surface area contributed by atoms with Crippen molar-refractivity contribution in [2.75, 3.05) is 0 Å². The first kappa shape index (κ1) is 31.6. The van der Waals surface area contributed by atoms with Crippen LogP contribution in [0.15, 0.2) is 197 Å². The average molecular weight is 730 g/mol. The van der Waals surface area contributed by atoms with Crippen LogP contribution in [0.3, 0.4) is 0 Å². The molecule has 12 rings (SSSR count). The normalized spacial score (nSPS) is 11.9. The van der Waals surface area contributed by atoms with Crippen LogP contribution >= 0.6 is 0 Å². The molecule has 8 aromatic carbocycles. The molecule has 0 fully saturated rings. The molecular formula is C52H31N3O2. The van der Waals surface area contributed by atoms with Crippen LogP contribution < -0.4 is 0 Å². The second-order valence-corrected chi connectivity index (χ2v) is 14.5. The number of aromatic nitrogens is 3. The van der Waals surface area contributed by atoms with Crippen LogP contribution in [-0.4, -0.2) is 14.5 Å². The van der Waals surface area contributed by atoms with Crippen LogP contribution in [-0.2, 0) is 0 Å². The van der Waals surface area contributed by atoms with Gasteiger partial charge in [-0.05, 0) is 82.9 Å². The van der Waals surface area contributed by atoms with Crippen LogP contribution in [0.4, 0.5) is 0 Å². The van der Waals surface area contributed by atoms with Gasteiger partial charge in [-0.1, -0.05) is 127 Å². The number of nitrogens with zero attached hydrogens (tertiary/aromatic N) is 3. The molecule has 0 amide bonds. The lowest BCUT2D eigenvalue weighted by Crippen LogP contribution is -1.94. The number of hydrogen-bond donors (Lipinski definition) is 0. The zero-order valence-corrected chi connectivity index (χ0v) is 30.6. The number of para-hydroxylation sites is 2. The molecule has 0 N–H and O–H groups in total. The maximum Gasteiger partial charge on any atom is 0.231 e. The summed E-state index contributed by atoms with van der Waals surface area (Å²) in [5, 5.41) is 6.31. The van der Waals surface area contributed by atoms with Crippen molar-refractivity contribution in [3.8, 4) is 50.6 Å². The predicted octanol–water partition coefficient (Wildman–Crippen LogP) is 14.0. The quantitative estimate of drug-likeness (QED) is 0.177. The van der Waals surface area contributed by atoms with E-state index in [1.54, 1.807) is 0 Å². The van der Waals surface area contributed by atoms with E-state index in [2.05, 4.69) is 144 Å². The lowest BCUT2D eigenvalue weighted by atomic mass is 9.97. The van der Waals surface area contributed by atoms with Gasteiger partial charge < -0.3 is 13.4 Å². The predicted molar refractivity (Wildman–Crippen MR) is 233 cm³/mol. The maximum atomic E-state index is 6.62. The molecule has 0 aliphatic carbocycles. The first-order chi connectivity index (χ1) is 28.2. The zero-order valence-electron chi connectivity index (χ0n) is 30.6. The Morgan fingerprint density at radius 1 is 0.368 bits per heavy atom. The van der Waals surface area contributed by atoms with Gasteiger partial charge in [0.15, 0.2) is 5.82 Å². The van der Waals surface area contributed by atoms with Gasteiger partial charge in [0.2, 0.25) is 5.71 Å². The number of rotatable bonds is 5. The van der Waals surface area contributed by atoms with Crippen molar-refractivity contribution in [3.05, 3.63) is 188 Å². The fraction of sp³-hybridized carbons (Fsp3) is 0. The van der Waals surface area contributed by atoms with E-state index in [-0.39, 0.29) is 0 Å². The SMILES string of the molecule is c1ccc(-c2ccc3c(c2)oc2nc(-c4ccccc4)nc(-c4cccc5oc6ccc(-c7ccc8c(c7)c7ccccc7n8-c7ccccc7)cc6c45)c23)cc1. The number of furan rings is 2. The van der Waals surface area contributed by atoms with Crippen molar-refractivity contribution in [3.63, 3.8) is 0 Å². The highest BCUT2D eigenvalue weighted by atomic mass is 16.3. The lowest BCUT2D eigenvalue weighted by molar-refractivity contribution is 0.654. The minimum atomic E-state index is 0.549. The van der Waals surface area contributed by atoms with Crippen LogP contribution in [0.5, 0.6) is 0 Å². The molecule has 266 valence electrons. The van der Waals surface area contributed by atoms with Gasteiger partial charge in [0.05, 0.1) is 22.1 Å². The van der Waals surface area contributed by atoms with Gasteiger partial charge >= 0.3 is 0 Å². The Hall–Kier alpha value is -7.76. The summed E-state index contributed by atoms with van der Waals surface area (Å²) in [5.41, 5.74) is 13.6. The van der Waals surface area contributed by atoms with Crippen molar-refractivity contribution >= 4 is 65.8 Å². The molecular weight excluding hydrogens is 699 g/mol. The highest BCUT2D eigenvalue weighted by molar-refractivity contribution is 6.19. The monoisotopic (exact) mass is 729 g/mol. The van der Waals surface area contributed by atoms with Crippen molar-refractivity contribution in [2.24, 2.45) is 0 Å². The van der Waals surface area contributed by atoms with E-state index in [9.17, 15) is 0 Å². The Balaban J connectivity index is 1.08. The molecule has 0 aliphatic rings. The van der Waals surface area contributed by atoms with E-state index in [1.165, 1.54) is 21.8 Å². The number of benzene rings is 8. The molecule has 4 heterocycles. The molecule has 0 bridgehead atoms. The first-order valence-electron chi connectivity index (χ1n) is 19.1. The van der Waals surface area contributed by atoms with E-state index >= 15 is 0 Å². The van der Waals surface area contributed by atoms with Crippen molar-refractivity contribution in [1.29, 1.82) is 0 Å². The molecule has 12 aromatic rings. The minimum absolute atomic E-state index is 0.549. The smallest absolute Gasteiger partial charge is 0.231 e. The highest BCUT2D eigenvalue weighted by Crippen LogP contribution is 2.44. The first-order valence-corrected chi connectivity index (χ1v) is 19.1. The van der Waals surface area contributed by atoms with Crippen LogP contribution in [0, 0.1) is 0 Å². The molecule has 57 heavy (non-hydrogen) atoms. The molecule has 0 spiro atoms. The second kappa shape index (κ2) is 12.4. The fourth-order valence-corrected chi connectivity index (χ4v) is 8.61. The Kier molecular flexibility index (Phi) is 6.86. The van der Waals surface area contributed by atoms with E-state index in [0.717, 1.165) is 83.1 Å². The minimum Gasteiger partial charge on any atom is -0.456 e. The lowest BCUT2D eigenvalue weighted by Gasteiger charge is -2.09. The Morgan fingerprint density at radius 2 is 1.04 bits per heavy atom. The molecule has 5 heteroatoms. The summed E-state index contributed by atoms with van der Waals surface area (Å²) in [6, 6.07) is 65.6. The van der Waals surface area contributed by atoms with E-state index in [0.29, 0.717) is 11.5 Å². The molecule has 0 radical (unpaired) electrons.